The smallest absolute Gasteiger partial charge is 0.262 e. The molecule has 1 aromatic carbocycles. The topological polar surface area (TPSA) is 79.9 Å². The van der Waals surface area contributed by atoms with Gasteiger partial charge in [-0.25, -0.2) is 0 Å². The molecule has 0 radical (unpaired) electrons. The summed E-state index contributed by atoms with van der Waals surface area (Å²) in [6.45, 7) is 4.83. The number of morpholine rings is 1. The first kappa shape index (κ1) is 14.5. The van der Waals surface area contributed by atoms with Crippen LogP contribution in [0.2, 0.25) is 0 Å². The van der Waals surface area contributed by atoms with Crippen LogP contribution >= 0.6 is 0 Å². The van der Waals surface area contributed by atoms with Gasteiger partial charge in [-0.3, -0.25) is 14.7 Å². The first-order valence-corrected chi connectivity index (χ1v) is 6.71. The van der Waals surface area contributed by atoms with E-state index in [2.05, 4.69) is 15.2 Å². The molecule has 1 heterocycles. The van der Waals surface area contributed by atoms with Crippen molar-refractivity contribution >= 4 is 23.5 Å². The number of nitrogens with two attached hydrogens (primary N) is 1. The summed E-state index contributed by atoms with van der Waals surface area (Å²) in [6.07, 6.45) is 1.29. The van der Waals surface area contributed by atoms with Gasteiger partial charge in [0.2, 0.25) is 0 Å². The van der Waals surface area contributed by atoms with Gasteiger partial charge in [-0.05, 0) is 18.2 Å². The maximum atomic E-state index is 11.6. The van der Waals surface area contributed by atoms with Crippen molar-refractivity contribution in [3.63, 3.8) is 0 Å². The average molecular weight is 276 g/mol. The summed E-state index contributed by atoms with van der Waals surface area (Å²) < 4.78 is 5.26. The summed E-state index contributed by atoms with van der Waals surface area (Å²) in [7, 11) is 0. The number of nitrogen functional groups attached to an aromatic ring is 1. The van der Waals surface area contributed by atoms with Crippen LogP contribution in [0.5, 0.6) is 0 Å². The fraction of sp³-hybridized carbons (Fsp3) is 0.429. The third-order valence-corrected chi connectivity index (χ3v) is 3.03. The highest BCUT2D eigenvalue weighted by atomic mass is 16.5. The molecule has 0 unspecified atom stereocenters. The molecule has 1 aliphatic rings. The molecule has 1 amide bonds. The maximum Gasteiger partial charge on any atom is 0.262 e. The zero-order valence-electron chi connectivity index (χ0n) is 11.4. The van der Waals surface area contributed by atoms with Crippen LogP contribution in [0.1, 0.15) is 0 Å². The molecular weight excluding hydrogens is 256 g/mol. The molecule has 20 heavy (non-hydrogen) atoms. The number of carbonyl (C=O) groups excluding carboxylic acids is 1. The molecule has 0 atom stereocenters. The summed E-state index contributed by atoms with van der Waals surface area (Å²) in [5.74, 6) is -0.194. The number of nitrogens with one attached hydrogen (secondary N) is 1. The molecule has 6 heteroatoms. The number of amides is 1. The Hall–Kier alpha value is -1.92. The number of hydrogen-bond donors (Lipinski definition) is 2. The first-order chi connectivity index (χ1) is 9.74. The van der Waals surface area contributed by atoms with Crippen LogP contribution < -0.4 is 11.1 Å². The van der Waals surface area contributed by atoms with Crippen molar-refractivity contribution in [2.45, 2.75) is 0 Å². The van der Waals surface area contributed by atoms with E-state index in [1.165, 1.54) is 6.21 Å². The van der Waals surface area contributed by atoms with Gasteiger partial charge in [0.25, 0.3) is 5.91 Å². The number of rotatable bonds is 5. The zero-order chi connectivity index (χ0) is 14.2. The van der Waals surface area contributed by atoms with Crippen LogP contribution in [0, 0.1) is 0 Å². The molecule has 1 saturated heterocycles. The lowest BCUT2D eigenvalue weighted by Gasteiger charge is -2.26. The van der Waals surface area contributed by atoms with E-state index in [9.17, 15) is 4.79 Å². The predicted molar refractivity (Wildman–Crippen MR) is 79.3 cm³/mol. The highest BCUT2D eigenvalue weighted by molar-refractivity contribution is 6.26. The number of anilines is 1. The van der Waals surface area contributed by atoms with Crippen LogP contribution in [-0.2, 0) is 9.53 Å². The Morgan fingerprint density at radius 3 is 3.00 bits per heavy atom. The van der Waals surface area contributed by atoms with Gasteiger partial charge in [0.05, 0.1) is 25.1 Å². The van der Waals surface area contributed by atoms with Crippen molar-refractivity contribution in [1.82, 2.24) is 10.2 Å². The average Bonchev–Trinajstić information content (AvgIpc) is 2.46. The normalized spacial score (nSPS) is 16.4. The van der Waals surface area contributed by atoms with E-state index in [1.807, 2.05) is 0 Å². The van der Waals surface area contributed by atoms with E-state index >= 15 is 0 Å². The molecule has 1 fully saturated rings. The van der Waals surface area contributed by atoms with E-state index in [-0.39, 0.29) is 5.91 Å². The molecule has 0 aromatic heterocycles. The molecule has 0 aliphatic carbocycles. The van der Waals surface area contributed by atoms with Crippen molar-refractivity contribution in [3.05, 3.63) is 24.3 Å². The molecule has 6 nitrogen and oxygen atoms in total. The van der Waals surface area contributed by atoms with Crippen molar-refractivity contribution < 1.29 is 9.53 Å². The lowest BCUT2D eigenvalue weighted by molar-refractivity contribution is -0.114. The number of carbonyl (C=O) groups is 1. The second-order valence-corrected chi connectivity index (χ2v) is 4.60. The minimum atomic E-state index is -0.194. The predicted octanol–water partition coefficient (Wildman–Crippen LogP) is 0.419. The Kier molecular flexibility index (Phi) is 5.52. The van der Waals surface area contributed by atoms with Crippen LogP contribution in [0.4, 0.5) is 11.4 Å². The Morgan fingerprint density at radius 2 is 2.25 bits per heavy atom. The largest absolute Gasteiger partial charge is 0.399 e. The highest BCUT2D eigenvalue weighted by Gasteiger charge is 2.09. The second kappa shape index (κ2) is 7.62. The molecule has 2 rings (SSSR count). The fourth-order valence-corrected chi connectivity index (χ4v) is 1.95. The quantitative estimate of drug-likeness (QED) is 0.603. The lowest BCUT2D eigenvalue weighted by atomic mass is 10.3. The minimum Gasteiger partial charge on any atom is -0.399 e. The van der Waals surface area contributed by atoms with E-state index < -0.39 is 0 Å². The zero-order valence-corrected chi connectivity index (χ0v) is 11.4. The lowest BCUT2D eigenvalue weighted by Crippen LogP contribution is -2.41. The van der Waals surface area contributed by atoms with Crippen molar-refractivity contribution in [2.24, 2.45) is 4.99 Å². The van der Waals surface area contributed by atoms with Gasteiger partial charge in [-0.2, -0.15) is 0 Å². The molecule has 0 bridgehead atoms. The van der Waals surface area contributed by atoms with Crippen LogP contribution in [0.3, 0.4) is 0 Å². The molecular formula is C14H20N4O2. The third-order valence-electron chi connectivity index (χ3n) is 3.03. The number of nitrogens with zero attached hydrogens (tertiary/aromatic N) is 2. The van der Waals surface area contributed by atoms with E-state index in [1.54, 1.807) is 24.3 Å². The first-order valence-electron chi connectivity index (χ1n) is 6.71. The van der Waals surface area contributed by atoms with E-state index in [0.29, 0.717) is 17.9 Å². The van der Waals surface area contributed by atoms with Gasteiger partial charge in [0.1, 0.15) is 0 Å². The number of hydrogen-bond acceptors (Lipinski definition) is 5. The molecule has 1 aromatic rings. The van der Waals surface area contributed by atoms with Gasteiger partial charge >= 0.3 is 0 Å². The van der Waals surface area contributed by atoms with Crippen molar-refractivity contribution in [2.75, 3.05) is 45.1 Å². The van der Waals surface area contributed by atoms with Gasteiger partial charge in [-0.15, -0.1) is 0 Å². The van der Waals surface area contributed by atoms with Crippen LogP contribution in [0.25, 0.3) is 0 Å². The Labute approximate surface area is 118 Å². The summed E-state index contributed by atoms with van der Waals surface area (Å²) in [5.41, 5.74) is 6.94. The molecule has 3 N–H and O–H groups in total. The summed E-state index contributed by atoms with van der Waals surface area (Å²) in [5, 5.41) is 2.81. The Balaban J connectivity index is 1.69. The highest BCUT2D eigenvalue weighted by Crippen LogP contribution is 2.14. The van der Waals surface area contributed by atoms with Gasteiger partial charge in [-0.1, -0.05) is 6.07 Å². The second-order valence-electron chi connectivity index (χ2n) is 4.60. The molecule has 0 spiro atoms. The maximum absolute atomic E-state index is 11.6. The molecule has 0 saturated carbocycles. The van der Waals surface area contributed by atoms with Crippen LogP contribution in [-0.4, -0.2) is 56.4 Å². The summed E-state index contributed by atoms with van der Waals surface area (Å²) in [6, 6.07) is 7.10. The van der Waals surface area contributed by atoms with E-state index in [4.69, 9.17) is 10.5 Å². The van der Waals surface area contributed by atoms with E-state index in [0.717, 1.165) is 32.8 Å². The fourth-order valence-electron chi connectivity index (χ4n) is 1.95. The van der Waals surface area contributed by atoms with Crippen molar-refractivity contribution in [3.8, 4) is 0 Å². The van der Waals surface area contributed by atoms with Gasteiger partial charge in [0, 0.05) is 31.9 Å². The van der Waals surface area contributed by atoms with Crippen molar-refractivity contribution in [1.29, 1.82) is 0 Å². The van der Waals surface area contributed by atoms with Gasteiger partial charge < -0.3 is 15.8 Å². The molecule has 1 aliphatic heterocycles. The molecule has 108 valence electrons. The summed E-state index contributed by atoms with van der Waals surface area (Å²) in [4.78, 5) is 18.0. The monoisotopic (exact) mass is 276 g/mol. The van der Waals surface area contributed by atoms with Gasteiger partial charge in [0.15, 0.2) is 0 Å². The Bertz CT molecular complexity index is 470. The Morgan fingerprint density at radius 1 is 1.45 bits per heavy atom. The minimum absolute atomic E-state index is 0.194. The number of ether oxygens (including phenoxy) is 1. The number of benzene rings is 1. The van der Waals surface area contributed by atoms with Crippen LogP contribution in [0.15, 0.2) is 29.3 Å². The third kappa shape index (κ3) is 4.99. The summed E-state index contributed by atoms with van der Waals surface area (Å²) >= 11 is 0. The standard InChI is InChI=1S/C14H20N4O2/c15-12-2-1-3-13(10-12)17-11-14(19)16-4-5-18-6-8-20-9-7-18/h1-3,10-11H,4-9,15H2,(H,16,19). The number of aliphatic imine (C=N–C) groups is 1. The SMILES string of the molecule is Nc1cccc(N=CC(=O)NCCN2CCOCC2)c1.